The Morgan fingerprint density at radius 3 is 2.50 bits per heavy atom. The molecule has 1 aromatic heterocycles. The van der Waals surface area contributed by atoms with Crippen LogP contribution in [0.15, 0.2) is 23.1 Å². The summed E-state index contributed by atoms with van der Waals surface area (Å²) in [7, 11) is -2.00. The van der Waals surface area contributed by atoms with Crippen LogP contribution in [0.25, 0.3) is 0 Å². The van der Waals surface area contributed by atoms with Gasteiger partial charge in [0.05, 0.1) is 17.1 Å². The van der Waals surface area contributed by atoms with E-state index >= 15 is 0 Å². The molecule has 2 aliphatic heterocycles. The fraction of sp³-hybridized carbons (Fsp3) is 0.500. The van der Waals surface area contributed by atoms with Crippen LogP contribution in [0.4, 0.5) is 5.69 Å². The molecule has 0 atom stereocenters. The third-order valence-electron chi connectivity index (χ3n) is 6.49. The molecule has 184 valence electrons. The number of carbonyl (C=O) groups is 2. The predicted octanol–water partition coefficient (Wildman–Crippen LogP) is 2.81. The number of methoxy groups -OCH3 is 1. The number of anilines is 1. The van der Waals surface area contributed by atoms with E-state index in [4.69, 9.17) is 9.47 Å². The molecule has 1 aromatic carbocycles. The molecule has 2 aliphatic rings. The van der Waals surface area contributed by atoms with E-state index in [2.05, 4.69) is 4.98 Å². The minimum absolute atomic E-state index is 0.130. The van der Waals surface area contributed by atoms with E-state index < -0.39 is 16.0 Å². The van der Waals surface area contributed by atoms with Crippen molar-refractivity contribution in [1.29, 1.82) is 0 Å². The fourth-order valence-electron chi connectivity index (χ4n) is 4.72. The van der Waals surface area contributed by atoms with Gasteiger partial charge in [0.1, 0.15) is 12.3 Å². The Hall–Kier alpha value is -2.69. The monoisotopic (exact) mass is 489 g/mol. The van der Waals surface area contributed by atoms with Gasteiger partial charge in [0.15, 0.2) is 0 Å². The molecule has 1 fully saturated rings. The quantitative estimate of drug-likeness (QED) is 0.473. The van der Waals surface area contributed by atoms with Crippen LogP contribution in [0, 0.1) is 13.8 Å². The van der Waals surface area contributed by atoms with Crippen LogP contribution >= 0.6 is 0 Å². The number of nitrogens with one attached hydrogen (secondary N) is 1. The Labute approximate surface area is 200 Å². The van der Waals surface area contributed by atoms with Crippen LogP contribution in [0.5, 0.6) is 0 Å². The van der Waals surface area contributed by atoms with Gasteiger partial charge in [-0.1, -0.05) is 0 Å². The molecule has 0 aliphatic carbocycles. The highest BCUT2D eigenvalue weighted by Gasteiger charge is 2.32. The lowest BCUT2D eigenvalue weighted by Gasteiger charge is -2.30. The lowest BCUT2D eigenvalue weighted by molar-refractivity contribution is 0.0386. The van der Waals surface area contributed by atoms with E-state index in [1.54, 1.807) is 36.9 Å². The molecule has 0 spiro atoms. The normalized spacial score (nSPS) is 16.5. The number of aryl methyl sites for hydroxylation is 2. The number of esters is 1. The Morgan fingerprint density at radius 2 is 1.79 bits per heavy atom. The van der Waals surface area contributed by atoms with Crippen molar-refractivity contribution in [1.82, 2.24) is 9.29 Å². The zero-order valence-electron chi connectivity index (χ0n) is 19.8. The number of aromatic amines is 1. The summed E-state index contributed by atoms with van der Waals surface area (Å²) in [6.07, 6.45) is 3.17. The summed E-state index contributed by atoms with van der Waals surface area (Å²) < 4.78 is 37.7. The molecule has 0 unspecified atom stereocenters. The molecule has 1 N–H and O–H groups in total. The van der Waals surface area contributed by atoms with Crippen LogP contribution in [0.2, 0.25) is 0 Å². The van der Waals surface area contributed by atoms with E-state index in [1.165, 1.54) is 11.4 Å². The maximum atomic E-state index is 13.5. The highest BCUT2D eigenvalue weighted by atomic mass is 32.2. The van der Waals surface area contributed by atoms with E-state index in [-0.39, 0.29) is 17.4 Å². The summed E-state index contributed by atoms with van der Waals surface area (Å²) in [6.45, 7) is 5.48. The summed E-state index contributed by atoms with van der Waals surface area (Å²) >= 11 is 0. The Morgan fingerprint density at radius 1 is 1.06 bits per heavy atom. The molecule has 2 aromatic rings. The smallest absolute Gasteiger partial charge is 0.340 e. The predicted molar refractivity (Wildman–Crippen MR) is 127 cm³/mol. The number of aromatic nitrogens is 1. The van der Waals surface area contributed by atoms with Crippen molar-refractivity contribution >= 4 is 27.6 Å². The Balaban J connectivity index is 1.61. The number of ether oxygens (including phenoxy) is 2. The van der Waals surface area contributed by atoms with Gasteiger partial charge in [0.25, 0.3) is 5.91 Å². The van der Waals surface area contributed by atoms with Gasteiger partial charge in [0.2, 0.25) is 10.0 Å². The van der Waals surface area contributed by atoms with E-state index in [1.807, 2.05) is 0 Å². The SMILES string of the molecule is COCCOC(=O)c1c(C)[nH]c(C(=O)N2CCCc3cc(S(=O)(=O)N4CCCC4)ccc32)c1C. The Kier molecular flexibility index (Phi) is 7.11. The van der Waals surface area contributed by atoms with Crippen molar-refractivity contribution < 1.29 is 27.5 Å². The highest BCUT2D eigenvalue weighted by molar-refractivity contribution is 7.89. The van der Waals surface area contributed by atoms with Crippen LogP contribution in [0.3, 0.4) is 0 Å². The van der Waals surface area contributed by atoms with Gasteiger partial charge in [-0.15, -0.1) is 0 Å². The minimum atomic E-state index is -3.53. The van der Waals surface area contributed by atoms with Crippen molar-refractivity contribution in [2.45, 2.75) is 44.4 Å². The number of H-pyrrole nitrogens is 1. The number of benzene rings is 1. The van der Waals surface area contributed by atoms with Gasteiger partial charge in [-0.05, 0) is 68.9 Å². The van der Waals surface area contributed by atoms with Gasteiger partial charge < -0.3 is 19.4 Å². The van der Waals surface area contributed by atoms with Crippen molar-refractivity contribution in [3.05, 3.63) is 46.3 Å². The average Bonchev–Trinajstić information content (AvgIpc) is 3.46. The lowest BCUT2D eigenvalue weighted by Crippen LogP contribution is -2.36. The topological polar surface area (TPSA) is 109 Å². The lowest BCUT2D eigenvalue weighted by atomic mass is 10.0. The van der Waals surface area contributed by atoms with Crippen molar-refractivity contribution in [2.24, 2.45) is 0 Å². The van der Waals surface area contributed by atoms with Crippen LogP contribution in [-0.2, 0) is 25.9 Å². The minimum Gasteiger partial charge on any atom is -0.460 e. The van der Waals surface area contributed by atoms with Crippen LogP contribution < -0.4 is 4.90 Å². The molecule has 0 saturated carbocycles. The number of fused-ring (bicyclic) bond motifs is 1. The van der Waals surface area contributed by atoms with E-state index in [0.717, 1.165) is 24.8 Å². The molecule has 1 amide bonds. The number of hydrogen-bond donors (Lipinski definition) is 1. The molecule has 10 heteroatoms. The Bertz CT molecular complexity index is 1200. The number of amides is 1. The van der Waals surface area contributed by atoms with Crippen molar-refractivity contribution in [2.75, 3.05) is 44.9 Å². The van der Waals surface area contributed by atoms with Crippen LogP contribution in [-0.4, -0.2) is 69.5 Å². The maximum absolute atomic E-state index is 13.5. The second-order valence-electron chi connectivity index (χ2n) is 8.72. The zero-order valence-corrected chi connectivity index (χ0v) is 20.7. The van der Waals surface area contributed by atoms with Gasteiger partial charge >= 0.3 is 5.97 Å². The summed E-state index contributed by atoms with van der Waals surface area (Å²) in [5.74, 6) is -0.759. The number of hydrogen-bond acceptors (Lipinski definition) is 6. The molecule has 4 rings (SSSR count). The first-order valence-corrected chi connectivity index (χ1v) is 13.0. The molecular formula is C24H31N3O6S. The maximum Gasteiger partial charge on any atom is 0.340 e. The molecular weight excluding hydrogens is 458 g/mol. The summed E-state index contributed by atoms with van der Waals surface area (Å²) in [6, 6.07) is 5.01. The molecule has 34 heavy (non-hydrogen) atoms. The third kappa shape index (κ3) is 4.49. The van der Waals surface area contributed by atoms with Crippen LogP contribution in [0.1, 0.15) is 56.9 Å². The van der Waals surface area contributed by atoms with Crippen molar-refractivity contribution in [3.63, 3.8) is 0 Å². The summed E-state index contributed by atoms with van der Waals surface area (Å²) in [4.78, 5) is 31.0. The highest BCUT2D eigenvalue weighted by Crippen LogP contribution is 2.33. The first kappa shape index (κ1) is 24.4. The van der Waals surface area contributed by atoms with Gasteiger partial charge in [-0.25, -0.2) is 13.2 Å². The largest absolute Gasteiger partial charge is 0.460 e. The van der Waals surface area contributed by atoms with E-state index in [9.17, 15) is 18.0 Å². The number of carbonyl (C=O) groups excluding carboxylic acids is 2. The first-order chi connectivity index (χ1) is 16.3. The van der Waals surface area contributed by atoms with Gasteiger partial charge in [-0.2, -0.15) is 4.31 Å². The molecule has 0 bridgehead atoms. The zero-order chi connectivity index (χ0) is 24.5. The van der Waals surface area contributed by atoms with Crippen molar-refractivity contribution in [3.8, 4) is 0 Å². The van der Waals surface area contributed by atoms with Gasteiger partial charge in [0, 0.05) is 38.1 Å². The third-order valence-corrected chi connectivity index (χ3v) is 8.39. The number of sulfonamides is 1. The average molecular weight is 490 g/mol. The molecule has 9 nitrogen and oxygen atoms in total. The molecule has 1 saturated heterocycles. The second kappa shape index (κ2) is 9.89. The summed E-state index contributed by atoms with van der Waals surface area (Å²) in [5, 5.41) is 0. The standard InChI is InChI=1S/C24H31N3O6S/c1-16-21(24(29)33-14-13-32-3)17(2)25-22(16)23(28)27-12-6-7-18-15-19(8-9-20(18)27)34(30,31)26-10-4-5-11-26/h8-9,15,25H,4-7,10-14H2,1-3H3. The fourth-order valence-corrected chi connectivity index (χ4v) is 6.29. The number of rotatable bonds is 7. The van der Waals surface area contributed by atoms with E-state index in [0.29, 0.717) is 60.9 Å². The second-order valence-corrected chi connectivity index (χ2v) is 10.7. The molecule has 3 heterocycles. The summed E-state index contributed by atoms with van der Waals surface area (Å²) in [5.41, 5.74) is 3.31. The van der Waals surface area contributed by atoms with Gasteiger partial charge in [-0.3, -0.25) is 4.79 Å². The first-order valence-electron chi connectivity index (χ1n) is 11.6. The number of nitrogens with zero attached hydrogens (tertiary/aromatic N) is 2. The molecule has 0 radical (unpaired) electrons.